The van der Waals surface area contributed by atoms with Gasteiger partial charge in [0, 0.05) is 12.2 Å². The smallest absolute Gasteiger partial charge is 0.478 e. The first-order chi connectivity index (χ1) is 7.33. The van der Waals surface area contributed by atoms with Crippen LogP contribution < -0.4 is 0 Å². The molecule has 100 valence electrons. The first kappa shape index (κ1) is 18.3. The van der Waals surface area contributed by atoms with E-state index in [0.717, 1.165) is 0 Å². The first-order valence-corrected chi connectivity index (χ1v) is 6.36. The van der Waals surface area contributed by atoms with E-state index in [0.29, 0.717) is 12.2 Å². The number of phosphoric acid groups is 2. The van der Waals surface area contributed by atoms with Crippen LogP contribution >= 0.6 is 15.6 Å². The molecule has 17 heavy (non-hydrogen) atoms. The van der Waals surface area contributed by atoms with Crippen LogP contribution in [0.4, 0.5) is 0 Å². The van der Waals surface area contributed by atoms with Crippen LogP contribution in [0, 0.1) is 0 Å². The minimum atomic E-state index is -5.05. The lowest BCUT2D eigenvalue weighted by Crippen LogP contribution is -1.91. The number of rotatable bonds is 4. The molecule has 0 fully saturated rings. The molecule has 0 aliphatic heterocycles. The molecule has 0 aromatic rings. The Hall–Kier alpha value is -1.06. The van der Waals surface area contributed by atoms with E-state index >= 15 is 0 Å². The van der Waals surface area contributed by atoms with Gasteiger partial charge >= 0.3 is 27.6 Å². The largest absolute Gasteiger partial charge is 0.478 e. The Morgan fingerprint density at radius 2 is 1.06 bits per heavy atom. The van der Waals surface area contributed by atoms with Gasteiger partial charge in [-0.05, 0) is 0 Å². The summed E-state index contributed by atoms with van der Waals surface area (Å²) in [6, 6.07) is 0. The zero-order chi connectivity index (χ0) is 14.3. The number of carboxylic acid groups (broad SMARTS) is 2. The molecule has 11 nitrogen and oxygen atoms in total. The van der Waals surface area contributed by atoms with Gasteiger partial charge in [0.15, 0.2) is 0 Å². The number of hydrogen-bond acceptors (Lipinski definition) is 5. The van der Waals surface area contributed by atoms with E-state index in [1.807, 2.05) is 0 Å². The zero-order valence-corrected chi connectivity index (χ0v) is 9.56. The third-order valence-electron chi connectivity index (χ3n) is 0.581. The molecule has 0 saturated carbocycles. The van der Waals surface area contributed by atoms with Gasteiger partial charge in [-0.25, -0.2) is 18.7 Å². The quantitative estimate of drug-likeness (QED) is 0.271. The number of aliphatic carboxylic acids is 2. The van der Waals surface area contributed by atoms with Crippen LogP contribution in [0.2, 0.25) is 0 Å². The van der Waals surface area contributed by atoms with Gasteiger partial charge in [-0.15, -0.1) is 0 Å². The molecule has 13 heteroatoms. The topological polar surface area (TPSA) is 199 Å². The maximum absolute atomic E-state index is 9.63. The van der Waals surface area contributed by atoms with Gasteiger partial charge in [-0.2, -0.15) is 4.31 Å². The van der Waals surface area contributed by atoms with E-state index in [-0.39, 0.29) is 0 Å². The summed E-state index contributed by atoms with van der Waals surface area (Å²) >= 11 is 0. The average Bonchev–Trinajstić information content (AvgIpc) is 1.94. The molecule has 0 aromatic carbocycles. The van der Waals surface area contributed by atoms with E-state index in [1.54, 1.807) is 0 Å². The summed E-state index contributed by atoms with van der Waals surface area (Å²) in [6.07, 6.45) is 1.12. The number of carbonyl (C=O) groups is 2. The van der Waals surface area contributed by atoms with Crippen LogP contribution in [-0.2, 0) is 23.0 Å². The van der Waals surface area contributed by atoms with Crippen LogP contribution in [-0.4, -0.2) is 41.7 Å². The van der Waals surface area contributed by atoms with Crippen LogP contribution in [0.3, 0.4) is 0 Å². The molecule has 0 saturated heterocycles. The number of carboxylic acids is 2. The van der Waals surface area contributed by atoms with E-state index in [9.17, 15) is 18.7 Å². The molecule has 0 atom stereocenters. The predicted octanol–water partition coefficient (Wildman–Crippen LogP) is -1.10. The summed E-state index contributed by atoms with van der Waals surface area (Å²) < 4.78 is 22.2. The van der Waals surface area contributed by atoms with Crippen LogP contribution in [0.5, 0.6) is 0 Å². The summed E-state index contributed by atoms with van der Waals surface area (Å²) in [7, 11) is -10.1. The van der Waals surface area contributed by atoms with Crippen molar-refractivity contribution < 1.29 is 52.8 Å². The van der Waals surface area contributed by atoms with Gasteiger partial charge in [-0.3, -0.25) is 0 Å². The summed E-state index contributed by atoms with van der Waals surface area (Å²) in [5, 5.41) is 15.6. The number of hydrogen-bond donors (Lipinski definition) is 6. The second-order valence-corrected chi connectivity index (χ2v) is 4.69. The normalized spacial score (nSPS) is 11.8. The highest BCUT2D eigenvalue weighted by Gasteiger charge is 2.27. The molecule has 0 radical (unpaired) electrons. The van der Waals surface area contributed by atoms with Crippen molar-refractivity contribution in [3.63, 3.8) is 0 Å². The van der Waals surface area contributed by atoms with E-state index in [1.165, 1.54) is 0 Å². The average molecular weight is 294 g/mol. The molecule has 0 spiro atoms. The Morgan fingerprint density at radius 3 is 1.12 bits per heavy atom. The van der Waals surface area contributed by atoms with Gasteiger partial charge in [0.2, 0.25) is 0 Å². The minimum Gasteiger partial charge on any atom is -0.478 e. The van der Waals surface area contributed by atoms with E-state index < -0.39 is 27.6 Å². The van der Waals surface area contributed by atoms with Gasteiger partial charge in [0.1, 0.15) is 0 Å². The molecular formula is C4H8O11P2. The highest BCUT2D eigenvalue weighted by Crippen LogP contribution is 2.53. The van der Waals surface area contributed by atoms with Crippen molar-refractivity contribution >= 4 is 27.6 Å². The van der Waals surface area contributed by atoms with E-state index in [4.69, 9.17) is 29.8 Å². The van der Waals surface area contributed by atoms with Gasteiger partial charge < -0.3 is 29.8 Å². The van der Waals surface area contributed by atoms with Crippen molar-refractivity contribution in [2.24, 2.45) is 0 Å². The van der Waals surface area contributed by atoms with Gasteiger partial charge in [0.05, 0.1) is 0 Å². The van der Waals surface area contributed by atoms with Crippen molar-refractivity contribution in [1.82, 2.24) is 0 Å². The highest BCUT2D eigenvalue weighted by atomic mass is 31.3. The molecule has 6 N–H and O–H groups in total. The van der Waals surface area contributed by atoms with Crippen LogP contribution in [0.15, 0.2) is 12.2 Å². The lowest BCUT2D eigenvalue weighted by atomic mass is 10.5. The third-order valence-corrected chi connectivity index (χ3v) is 2.28. The second-order valence-electron chi connectivity index (χ2n) is 2.07. The molecule has 0 unspecified atom stereocenters. The van der Waals surface area contributed by atoms with Gasteiger partial charge in [0.25, 0.3) is 0 Å². The highest BCUT2D eigenvalue weighted by molar-refractivity contribution is 7.60. The van der Waals surface area contributed by atoms with Crippen molar-refractivity contribution in [3.05, 3.63) is 12.2 Å². The Balaban J connectivity index is 0. The SMILES string of the molecule is O=C(O)/C=C/C(=O)O.O=P(O)(O)OP(=O)(O)O. The Bertz CT molecular complexity index is 348. The molecule has 0 aromatic heterocycles. The Labute approximate surface area is 93.5 Å². The molecule has 0 aliphatic carbocycles. The van der Waals surface area contributed by atoms with Crippen molar-refractivity contribution in [3.8, 4) is 0 Å². The maximum atomic E-state index is 9.63. The van der Waals surface area contributed by atoms with Crippen molar-refractivity contribution in [2.75, 3.05) is 0 Å². The van der Waals surface area contributed by atoms with Crippen molar-refractivity contribution in [2.45, 2.75) is 0 Å². The molecule has 0 rings (SSSR count). The van der Waals surface area contributed by atoms with E-state index in [2.05, 4.69) is 4.31 Å². The summed E-state index contributed by atoms with van der Waals surface area (Å²) in [5.74, 6) is -2.51. The molecular weight excluding hydrogens is 286 g/mol. The molecule has 0 heterocycles. The summed E-state index contributed by atoms with van der Waals surface area (Å²) in [4.78, 5) is 50.1. The Morgan fingerprint density at radius 1 is 0.824 bits per heavy atom. The molecule has 0 aliphatic rings. The fourth-order valence-corrected chi connectivity index (χ4v) is 1.39. The van der Waals surface area contributed by atoms with Crippen molar-refractivity contribution in [1.29, 1.82) is 0 Å². The molecule has 0 bridgehead atoms. The lowest BCUT2D eigenvalue weighted by Gasteiger charge is -2.03. The minimum absolute atomic E-state index is 0.558. The second kappa shape index (κ2) is 7.30. The lowest BCUT2D eigenvalue weighted by molar-refractivity contribution is -0.134. The van der Waals surface area contributed by atoms with Crippen LogP contribution in [0.25, 0.3) is 0 Å². The maximum Gasteiger partial charge on any atom is 0.478 e. The monoisotopic (exact) mass is 294 g/mol. The Kier molecular flexibility index (Phi) is 7.86. The zero-order valence-electron chi connectivity index (χ0n) is 7.77. The standard InChI is InChI=1S/C4H4O4.H4O7P2/c5-3(6)1-2-4(7)8;1-8(2,3)7-9(4,5)6/h1-2H,(H,5,6)(H,7,8);(H2,1,2,3)(H2,4,5,6)/b2-1+;. The molecule has 0 amide bonds. The third kappa shape index (κ3) is 25.3. The fourth-order valence-electron chi connectivity index (χ4n) is 0.281. The summed E-state index contributed by atoms with van der Waals surface area (Å²) in [5.41, 5.74) is 0. The first-order valence-electron chi connectivity index (χ1n) is 3.30. The van der Waals surface area contributed by atoms with Crippen LogP contribution in [0.1, 0.15) is 0 Å². The predicted molar refractivity (Wildman–Crippen MR) is 49.6 cm³/mol. The fraction of sp³-hybridized carbons (Fsp3) is 0. The van der Waals surface area contributed by atoms with Gasteiger partial charge in [-0.1, -0.05) is 0 Å². The summed E-state index contributed by atoms with van der Waals surface area (Å²) in [6.45, 7) is 0.